The topological polar surface area (TPSA) is 50.7 Å². The first kappa shape index (κ1) is 27.5. The summed E-state index contributed by atoms with van der Waals surface area (Å²) in [6, 6.07) is 0. The molecule has 0 aliphatic heterocycles. The van der Waals surface area contributed by atoms with Gasteiger partial charge >= 0.3 is 0 Å². The number of aryl methyl sites for hydroxylation is 2. The lowest BCUT2D eigenvalue weighted by Gasteiger charge is -2.13. The molecule has 1 aromatic rings. The maximum atomic E-state index is 9.58. The van der Waals surface area contributed by atoms with Gasteiger partial charge in [-0.15, -0.1) is 0 Å². The molecule has 0 N–H and O–H groups in total. The Labute approximate surface area is 153 Å². The SMILES string of the molecule is CCC(=O)Cl.CCN(CC)CC.CCc1ocnc1C.[C-]#[N+]CC. The molecule has 0 fully saturated rings. The molecule has 5 nitrogen and oxygen atoms in total. The summed E-state index contributed by atoms with van der Waals surface area (Å²) in [5.74, 6) is 0.991. The van der Waals surface area contributed by atoms with Crippen LogP contribution in [0.4, 0.5) is 0 Å². The van der Waals surface area contributed by atoms with Crippen LogP contribution in [-0.4, -0.2) is 41.3 Å². The molecular weight excluding hydrogens is 326 g/mol. The minimum atomic E-state index is -0.273. The zero-order valence-corrected chi connectivity index (χ0v) is 17.1. The number of oxazole rings is 1. The highest BCUT2D eigenvalue weighted by Gasteiger charge is 1.96. The second-order valence-corrected chi connectivity index (χ2v) is 4.94. The van der Waals surface area contributed by atoms with Crippen molar-refractivity contribution in [3.8, 4) is 0 Å². The van der Waals surface area contributed by atoms with E-state index in [0.717, 1.165) is 17.9 Å². The van der Waals surface area contributed by atoms with Crippen LogP contribution in [-0.2, 0) is 11.2 Å². The van der Waals surface area contributed by atoms with Crippen molar-refractivity contribution >= 4 is 16.8 Å². The molecule has 0 atom stereocenters. The molecule has 0 radical (unpaired) electrons. The fourth-order valence-corrected chi connectivity index (χ4v) is 1.34. The van der Waals surface area contributed by atoms with Crippen LogP contribution in [0.5, 0.6) is 0 Å². The van der Waals surface area contributed by atoms with Crippen molar-refractivity contribution in [3.63, 3.8) is 0 Å². The highest BCUT2D eigenvalue weighted by atomic mass is 35.5. The average molecular weight is 360 g/mol. The molecule has 0 spiro atoms. The number of halogens is 1. The van der Waals surface area contributed by atoms with Crippen molar-refractivity contribution < 1.29 is 9.21 Å². The number of hydrogen-bond acceptors (Lipinski definition) is 4. The molecular formula is C18H34ClN3O2. The summed E-state index contributed by atoms with van der Waals surface area (Å²) in [6.45, 7) is 24.4. The van der Waals surface area contributed by atoms with Crippen LogP contribution in [0.25, 0.3) is 4.85 Å². The van der Waals surface area contributed by atoms with E-state index in [4.69, 9.17) is 22.6 Å². The fourth-order valence-electron chi connectivity index (χ4n) is 1.34. The third kappa shape index (κ3) is 20.6. The van der Waals surface area contributed by atoms with Gasteiger partial charge in [0.15, 0.2) is 6.39 Å². The van der Waals surface area contributed by atoms with Crippen molar-refractivity contribution in [2.45, 2.75) is 61.3 Å². The Morgan fingerprint density at radius 2 is 1.62 bits per heavy atom. The average Bonchev–Trinajstić information content (AvgIpc) is 3.03. The molecule has 0 aromatic carbocycles. The molecule has 0 aliphatic carbocycles. The van der Waals surface area contributed by atoms with Crippen molar-refractivity contribution in [1.82, 2.24) is 9.88 Å². The Kier molecular flexibility index (Phi) is 24.7. The first-order valence-electron chi connectivity index (χ1n) is 8.50. The quantitative estimate of drug-likeness (QED) is 0.549. The maximum Gasteiger partial charge on any atom is 0.221 e. The predicted molar refractivity (Wildman–Crippen MR) is 102 cm³/mol. The molecule has 1 aromatic heterocycles. The summed E-state index contributed by atoms with van der Waals surface area (Å²) in [5.41, 5.74) is 1.01. The van der Waals surface area contributed by atoms with Crippen LogP contribution in [0.15, 0.2) is 10.8 Å². The molecule has 0 aliphatic rings. The summed E-state index contributed by atoms with van der Waals surface area (Å²) in [6.07, 6.45) is 2.85. The van der Waals surface area contributed by atoms with Gasteiger partial charge in [0.05, 0.1) is 5.69 Å². The smallest absolute Gasteiger partial charge is 0.221 e. The van der Waals surface area contributed by atoms with Gasteiger partial charge in [-0.1, -0.05) is 34.6 Å². The Balaban J connectivity index is -0.000000255. The van der Waals surface area contributed by atoms with E-state index in [-0.39, 0.29) is 5.24 Å². The van der Waals surface area contributed by atoms with Crippen LogP contribution >= 0.6 is 11.6 Å². The second-order valence-electron chi connectivity index (χ2n) is 4.52. The molecule has 0 saturated carbocycles. The monoisotopic (exact) mass is 359 g/mol. The molecule has 0 unspecified atom stereocenters. The van der Waals surface area contributed by atoms with E-state index in [1.54, 1.807) is 6.92 Å². The van der Waals surface area contributed by atoms with Gasteiger partial charge in [0, 0.05) is 19.8 Å². The molecule has 140 valence electrons. The Bertz CT molecular complexity index is 419. The van der Waals surface area contributed by atoms with Gasteiger partial charge in [0.2, 0.25) is 11.8 Å². The van der Waals surface area contributed by atoms with E-state index in [9.17, 15) is 4.79 Å². The largest absolute Gasteiger partial charge is 0.448 e. The van der Waals surface area contributed by atoms with Crippen molar-refractivity contribution in [1.29, 1.82) is 0 Å². The number of rotatable bonds is 5. The number of carbonyl (C=O) groups excluding carboxylic acids is 1. The lowest BCUT2D eigenvalue weighted by Crippen LogP contribution is -2.21. The van der Waals surface area contributed by atoms with Crippen molar-refractivity contribution in [3.05, 3.63) is 29.3 Å². The summed E-state index contributed by atoms with van der Waals surface area (Å²) in [4.78, 5) is 18.9. The molecule has 0 bridgehead atoms. The zero-order valence-electron chi connectivity index (χ0n) is 16.4. The van der Waals surface area contributed by atoms with Gasteiger partial charge in [-0.25, -0.2) is 11.6 Å². The summed E-state index contributed by atoms with van der Waals surface area (Å²) >= 11 is 4.82. The lowest BCUT2D eigenvalue weighted by atomic mass is 10.3. The highest BCUT2D eigenvalue weighted by molar-refractivity contribution is 6.63. The summed E-state index contributed by atoms with van der Waals surface area (Å²) in [5, 5.41) is -0.273. The van der Waals surface area contributed by atoms with Gasteiger partial charge in [-0.2, -0.15) is 0 Å². The maximum absolute atomic E-state index is 9.58. The van der Waals surface area contributed by atoms with Gasteiger partial charge in [0.25, 0.3) is 0 Å². The van der Waals surface area contributed by atoms with Crippen LogP contribution in [0.3, 0.4) is 0 Å². The highest BCUT2D eigenvalue weighted by Crippen LogP contribution is 2.03. The summed E-state index contributed by atoms with van der Waals surface area (Å²) in [7, 11) is 0. The number of nitrogens with zero attached hydrogens (tertiary/aromatic N) is 3. The normalized spacial score (nSPS) is 8.67. The van der Waals surface area contributed by atoms with Gasteiger partial charge in [-0.05, 0) is 38.2 Å². The van der Waals surface area contributed by atoms with E-state index in [0.29, 0.717) is 13.0 Å². The van der Waals surface area contributed by atoms with E-state index < -0.39 is 0 Å². The number of aromatic nitrogens is 1. The summed E-state index contributed by atoms with van der Waals surface area (Å²) < 4.78 is 5.00. The third-order valence-corrected chi connectivity index (χ3v) is 3.21. The van der Waals surface area contributed by atoms with E-state index >= 15 is 0 Å². The molecule has 24 heavy (non-hydrogen) atoms. The van der Waals surface area contributed by atoms with E-state index in [2.05, 4.69) is 35.5 Å². The van der Waals surface area contributed by atoms with Crippen molar-refractivity contribution in [2.24, 2.45) is 0 Å². The number of carbonyl (C=O) groups is 1. The predicted octanol–water partition coefficient (Wildman–Crippen LogP) is 4.98. The lowest BCUT2D eigenvalue weighted by molar-refractivity contribution is -0.111. The standard InChI is InChI=1S/C6H9NO.C6H15N.C3H5ClO.C3H5N/c1-3-6-5(2)7-4-8-6;1-4-7(5-2)6-3;1-2-3(4)5;1-3-4-2/h4H,3H2,1-2H3;4-6H2,1-3H3;2H2,1H3;3H2,1H3. The van der Waals surface area contributed by atoms with E-state index in [1.807, 2.05) is 20.8 Å². The van der Waals surface area contributed by atoms with Gasteiger partial charge < -0.3 is 14.2 Å². The Morgan fingerprint density at radius 1 is 1.21 bits per heavy atom. The van der Waals surface area contributed by atoms with E-state index in [1.165, 1.54) is 26.0 Å². The van der Waals surface area contributed by atoms with Crippen LogP contribution in [0.2, 0.25) is 0 Å². The minimum Gasteiger partial charge on any atom is -0.448 e. The van der Waals surface area contributed by atoms with Crippen LogP contribution in [0.1, 0.15) is 59.4 Å². The minimum absolute atomic E-state index is 0.273. The molecule has 1 rings (SSSR count). The van der Waals surface area contributed by atoms with Gasteiger partial charge in [-0.3, -0.25) is 4.79 Å². The number of hydrogen-bond donors (Lipinski definition) is 0. The molecule has 1 heterocycles. The first-order valence-corrected chi connectivity index (χ1v) is 8.88. The first-order chi connectivity index (χ1) is 11.4. The van der Waals surface area contributed by atoms with Crippen molar-refractivity contribution in [2.75, 3.05) is 26.2 Å². The third-order valence-electron chi connectivity index (χ3n) is 2.94. The molecule has 0 amide bonds. The Hall–Kier alpha value is -1.38. The molecule has 0 saturated heterocycles. The van der Waals surface area contributed by atoms with Gasteiger partial charge in [0.1, 0.15) is 5.76 Å². The fraction of sp³-hybridized carbons (Fsp3) is 0.722. The Morgan fingerprint density at radius 3 is 1.71 bits per heavy atom. The van der Waals surface area contributed by atoms with Crippen LogP contribution in [0, 0.1) is 13.5 Å². The zero-order chi connectivity index (χ0) is 19.4. The van der Waals surface area contributed by atoms with Crippen LogP contribution < -0.4 is 0 Å². The molecule has 6 heteroatoms. The second kappa shape index (κ2) is 21.6.